The van der Waals surface area contributed by atoms with Gasteiger partial charge in [0.15, 0.2) is 5.82 Å². The maximum absolute atomic E-state index is 5.49. The molecular weight excluding hydrogens is 665 g/mol. The van der Waals surface area contributed by atoms with Gasteiger partial charge in [-0.25, -0.2) is 9.97 Å². The summed E-state index contributed by atoms with van der Waals surface area (Å²) in [6, 6.07) is 74.5. The highest BCUT2D eigenvalue weighted by Gasteiger charge is 2.47. The molecule has 1 aromatic heterocycles. The van der Waals surface area contributed by atoms with E-state index in [1.54, 1.807) is 0 Å². The van der Waals surface area contributed by atoms with Gasteiger partial charge in [-0.2, -0.15) is 0 Å². The topological polar surface area (TPSA) is 25.8 Å². The Kier molecular flexibility index (Phi) is 7.11. The van der Waals surface area contributed by atoms with E-state index in [0.29, 0.717) is 5.82 Å². The second-order valence-electron chi connectivity index (χ2n) is 14.4. The molecule has 0 N–H and O–H groups in total. The van der Waals surface area contributed by atoms with Gasteiger partial charge in [0.05, 0.1) is 16.8 Å². The average Bonchev–Trinajstić information content (AvgIpc) is 3.57. The predicted octanol–water partition coefficient (Wildman–Crippen LogP) is 13.3. The fourth-order valence-corrected chi connectivity index (χ4v) is 9.24. The molecule has 9 aromatic carbocycles. The van der Waals surface area contributed by atoms with Crippen LogP contribution in [0.4, 0.5) is 0 Å². The molecule has 0 saturated carbocycles. The lowest BCUT2D eigenvalue weighted by Gasteiger charge is -2.35. The van der Waals surface area contributed by atoms with Gasteiger partial charge in [-0.3, -0.25) is 0 Å². The van der Waals surface area contributed by atoms with Crippen LogP contribution in [-0.2, 0) is 5.41 Å². The van der Waals surface area contributed by atoms with Gasteiger partial charge >= 0.3 is 0 Å². The van der Waals surface area contributed by atoms with Crippen LogP contribution in [0.5, 0.6) is 0 Å². The van der Waals surface area contributed by atoms with Crippen LogP contribution in [0.15, 0.2) is 206 Å². The minimum atomic E-state index is -0.575. The van der Waals surface area contributed by atoms with Gasteiger partial charge in [0.2, 0.25) is 0 Å². The van der Waals surface area contributed by atoms with Crippen LogP contribution in [0.2, 0.25) is 0 Å². The smallest absolute Gasteiger partial charge is 0.160 e. The molecule has 0 aliphatic heterocycles. The van der Waals surface area contributed by atoms with E-state index < -0.39 is 5.41 Å². The summed E-state index contributed by atoms with van der Waals surface area (Å²) in [6.45, 7) is 0. The van der Waals surface area contributed by atoms with Gasteiger partial charge in [-0.15, -0.1) is 0 Å². The van der Waals surface area contributed by atoms with Crippen molar-refractivity contribution in [3.05, 3.63) is 229 Å². The molecule has 0 unspecified atom stereocenters. The Morgan fingerprint density at radius 3 is 1.69 bits per heavy atom. The van der Waals surface area contributed by atoms with E-state index in [9.17, 15) is 0 Å². The third kappa shape index (κ3) is 4.75. The highest BCUT2D eigenvalue weighted by molar-refractivity contribution is 6.19. The van der Waals surface area contributed by atoms with Gasteiger partial charge in [-0.05, 0) is 77.8 Å². The van der Waals surface area contributed by atoms with E-state index in [-0.39, 0.29) is 0 Å². The van der Waals surface area contributed by atoms with Crippen LogP contribution in [0, 0.1) is 0 Å². The first-order valence-corrected chi connectivity index (χ1v) is 18.9. The number of nitrogens with zero attached hydrogens (tertiary/aromatic N) is 2. The van der Waals surface area contributed by atoms with Crippen molar-refractivity contribution >= 4 is 32.3 Å². The molecule has 0 fully saturated rings. The van der Waals surface area contributed by atoms with Gasteiger partial charge in [-0.1, -0.05) is 194 Å². The van der Waals surface area contributed by atoms with Crippen molar-refractivity contribution in [1.29, 1.82) is 0 Å². The Morgan fingerprint density at radius 2 is 0.927 bits per heavy atom. The first-order valence-electron chi connectivity index (χ1n) is 18.9. The first kappa shape index (κ1) is 31.4. The number of aromatic nitrogens is 2. The van der Waals surface area contributed by atoms with Crippen molar-refractivity contribution < 1.29 is 0 Å². The maximum Gasteiger partial charge on any atom is 0.160 e. The molecule has 0 radical (unpaired) electrons. The Labute approximate surface area is 320 Å². The monoisotopic (exact) mass is 698 g/mol. The summed E-state index contributed by atoms with van der Waals surface area (Å²) in [7, 11) is 0. The summed E-state index contributed by atoms with van der Waals surface area (Å²) >= 11 is 0. The Bertz CT molecular complexity index is 3040. The van der Waals surface area contributed by atoms with E-state index >= 15 is 0 Å². The van der Waals surface area contributed by atoms with Crippen molar-refractivity contribution in [3.63, 3.8) is 0 Å². The first-order chi connectivity index (χ1) is 27.3. The van der Waals surface area contributed by atoms with Crippen molar-refractivity contribution in [1.82, 2.24) is 9.97 Å². The molecule has 1 heterocycles. The van der Waals surface area contributed by atoms with E-state index in [1.807, 2.05) is 6.07 Å². The van der Waals surface area contributed by atoms with E-state index in [4.69, 9.17) is 9.97 Å². The van der Waals surface area contributed by atoms with E-state index in [0.717, 1.165) is 28.1 Å². The zero-order chi connectivity index (χ0) is 36.3. The van der Waals surface area contributed by atoms with Crippen LogP contribution in [-0.4, -0.2) is 9.97 Å². The minimum absolute atomic E-state index is 0.575. The summed E-state index contributed by atoms with van der Waals surface area (Å²) in [5, 5.41) is 7.21. The Hall–Kier alpha value is -7.16. The second kappa shape index (κ2) is 12.5. The van der Waals surface area contributed by atoms with Gasteiger partial charge in [0.1, 0.15) is 0 Å². The molecule has 55 heavy (non-hydrogen) atoms. The van der Waals surface area contributed by atoms with Crippen LogP contribution in [0.25, 0.3) is 77.3 Å². The standard InChI is InChI=1S/C53H34N2/c1-4-18-36(19-5-1)52-54-48(34-49(55-52)50-41-26-13-11-20-37(41)33-46-40-25-12-10-17-35(40)31-32-43(46)50)45-29-16-28-44-42-27-14-15-30-47(42)53(51(44)45,38-21-6-2-7-22-38)39-23-8-3-9-24-39/h1-34H. The van der Waals surface area contributed by atoms with Crippen LogP contribution < -0.4 is 0 Å². The molecule has 0 bridgehead atoms. The number of hydrogen-bond acceptors (Lipinski definition) is 2. The zero-order valence-corrected chi connectivity index (χ0v) is 30.0. The lowest BCUT2D eigenvalue weighted by Crippen LogP contribution is -2.29. The summed E-state index contributed by atoms with van der Waals surface area (Å²) in [4.78, 5) is 10.9. The normalized spacial score (nSPS) is 12.9. The van der Waals surface area contributed by atoms with Gasteiger partial charge in [0.25, 0.3) is 0 Å². The van der Waals surface area contributed by atoms with Gasteiger partial charge < -0.3 is 0 Å². The summed E-state index contributed by atoms with van der Waals surface area (Å²) in [6.07, 6.45) is 0. The van der Waals surface area contributed by atoms with E-state index in [2.05, 4.69) is 200 Å². The molecule has 256 valence electrons. The summed E-state index contributed by atoms with van der Waals surface area (Å²) in [5.74, 6) is 0.702. The minimum Gasteiger partial charge on any atom is -0.228 e. The zero-order valence-electron chi connectivity index (χ0n) is 30.0. The molecule has 1 aliphatic carbocycles. The maximum atomic E-state index is 5.49. The molecule has 10 aromatic rings. The van der Waals surface area contributed by atoms with Crippen molar-refractivity contribution in [3.8, 4) is 45.0 Å². The van der Waals surface area contributed by atoms with Crippen molar-refractivity contribution in [2.24, 2.45) is 0 Å². The molecular formula is C53H34N2. The molecule has 0 saturated heterocycles. The molecule has 2 nitrogen and oxygen atoms in total. The molecule has 1 aliphatic rings. The number of benzene rings is 9. The fraction of sp³-hybridized carbons (Fsp3) is 0.0189. The van der Waals surface area contributed by atoms with Crippen LogP contribution in [0.3, 0.4) is 0 Å². The quantitative estimate of drug-likeness (QED) is 0.132. The van der Waals surface area contributed by atoms with Gasteiger partial charge in [0, 0.05) is 16.7 Å². The lowest BCUT2D eigenvalue weighted by molar-refractivity contribution is 0.769. The summed E-state index contributed by atoms with van der Waals surface area (Å²) in [5.41, 5.74) is 11.9. The largest absolute Gasteiger partial charge is 0.228 e. The lowest BCUT2D eigenvalue weighted by atomic mass is 9.66. The predicted molar refractivity (Wildman–Crippen MR) is 228 cm³/mol. The number of rotatable bonds is 5. The third-order valence-corrected chi connectivity index (χ3v) is 11.5. The Balaban J connectivity index is 1.27. The number of hydrogen-bond donors (Lipinski definition) is 0. The molecule has 2 heteroatoms. The second-order valence-corrected chi connectivity index (χ2v) is 14.4. The third-order valence-electron chi connectivity index (χ3n) is 11.5. The average molecular weight is 699 g/mol. The molecule has 0 atom stereocenters. The molecule has 0 amide bonds. The molecule has 11 rings (SSSR count). The fourth-order valence-electron chi connectivity index (χ4n) is 9.24. The SMILES string of the molecule is c1ccc(-c2nc(-c3cccc4c3C(c3ccccc3)(c3ccccc3)c3ccccc3-4)cc(-c3c4ccccc4cc4c3ccc3ccccc34)n2)cc1. The van der Waals surface area contributed by atoms with Crippen LogP contribution in [0.1, 0.15) is 22.3 Å². The number of fused-ring (bicyclic) bond motifs is 7. The highest BCUT2D eigenvalue weighted by atomic mass is 14.9. The Morgan fingerprint density at radius 1 is 0.345 bits per heavy atom. The molecule has 0 spiro atoms. The van der Waals surface area contributed by atoms with Crippen LogP contribution >= 0.6 is 0 Å². The van der Waals surface area contributed by atoms with E-state index in [1.165, 1.54) is 65.7 Å². The van der Waals surface area contributed by atoms with Crippen molar-refractivity contribution in [2.75, 3.05) is 0 Å². The highest BCUT2D eigenvalue weighted by Crippen LogP contribution is 2.58. The summed E-state index contributed by atoms with van der Waals surface area (Å²) < 4.78 is 0. The van der Waals surface area contributed by atoms with Crippen molar-refractivity contribution in [2.45, 2.75) is 5.41 Å².